The minimum absolute atomic E-state index is 0.100. The Kier molecular flexibility index (Phi) is 4.73. The third-order valence-corrected chi connectivity index (χ3v) is 3.87. The van der Waals surface area contributed by atoms with Crippen LogP contribution in [0, 0.1) is 17.5 Å². The van der Waals surface area contributed by atoms with Crippen LogP contribution in [0.4, 0.5) is 13.2 Å². The molecule has 2 aromatic rings. The highest BCUT2D eigenvalue weighted by atomic mass is 79.9. The van der Waals surface area contributed by atoms with E-state index in [1.54, 1.807) is 7.05 Å². The van der Waals surface area contributed by atoms with Crippen molar-refractivity contribution in [1.29, 1.82) is 0 Å². The zero-order valence-corrected chi connectivity index (χ0v) is 12.7. The molecule has 0 aliphatic rings. The standard InChI is InChI=1S/C14H10BrClF3N/c1-20-14(8-3-2-7(17)6-10(8)16)12-11(18)5-4-9(15)13(12)19/h2-6,14,20H,1H3. The van der Waals surface area contributed by atoms with Crippen LogP contribution in [0.5, 0.6) is 0 Å². The fourth-order valence-electron chi connectivity index (χ4n) is 2.00. The third-order valence-electron chi connectivity index (χ3n) is 2.93. The number of hydrogen-bond acceptors (Lipinski definition) is 1. The van der Waals surface area contributed by atoms with Crippen molar-refractivity contribution in [3.63, 3.8) is 0 Å². The van der Waals surface area contributed by atoms with Crippen molar-refractivity contribution in [3.05, 3.63) is 68.4 Å². The summed E-state index contributed by atoms with van der Waals surface area (Å²) >= 11 is 8.98. The molecule has 0 aliphatic carbocycles. The molecular formula is C14H10BrClF3N. The van der Waals surface area contributed by atoms with Gasteiger partial charge in [-0.05, 0) is 52.8 Å². The summed E-state index contributed by atoms with van der Waals surface area (Å²) < 4.78 is 41.3. The molecule has 1 N–H and O–H groups in total. The summed E-state index contributed by atoms with van der Waals surface area (Å²) in [6.07, 6.45) is 0. The van der Waals surface area contributed by atoms with Crippen LogP contribution in [0.1, 0.15) is 17.2 Å². The molecule has 1 nitrogen and oxygen atoms in total. The molecule has 0 spiro atoms. The van der Waals surface area contributed by atoms with Gasteiger partial charge in [0.2, 0.25) is 0 Å². The van der Waals surface area contributed by atoms with E-state index in [1.807, 2.05) is 0 Å². The molecule has 0 aliphatic heterocycles. The number of hydrogen-bond donors (Lipinski definition) is 1. The van der Waals surface area contributed by atoms with Gasteiger partial charge in [-0.1, -0.05) is 17.7 Å². The Labute approximate surface area is 127 Å². The van der Waals surface area contributed by atoms with Crippen molar-refractivity contribution in [1.82, 2.24) is 5.32 Å². The molecule has 0 saturated heterocycles. The monoisotopic (exact) mass is 363 g/mol. The topological polar surface area (TPSA) is 12.0 Å². The highest BCUT2D eigenvalue weighted by molar-refractivity contribution is 9.10. The first-order chi connectivity index (χ1) is 9.45. The number of nitrogens with one attached hydrogen (secondary N) is 1. The molecular weight excluding hydrogens is 355 g/mol. The van der Waals surface area contributed by atoms with E-state index in [2.05, 4.69) is 21.2 Å². The summed E-state index contributed by atoms with van der Waals surface area (Å²) in [6, 6.07) is 5.32. The van der Waals surface area contributed by atoms with Crippen LogP contribution >= 0.6 is 27.5 Å². The van der Waals surface area contributed by atoms with Gasteiger partial charge in [0, 0.05) is 10.6 Å². The average Bonchev–Trinajstić information content (AvgIpc) is 2.40. The quantitative estimate of drug-likeness (QED) is 0.769. The predicted octanol–water partition coefficient (Wildman–Crippen LogP) is 4.83. The number of rotatable bonds is 3. The van der Waals surface area contributed by atoms with Crippen LogP contribution in [0.15, 0.2) is 34.8 Å². The van der Waals surface area contributed by atoms with Crippen LogP contribution in [0.25, 0.3) is 0 Å². The van der Waals surface area contributed by atoms with Crippen LogP contribution in [-0.4, -0.2) is 7.05 Å². The maximum Gasteiger partial charge on any atom is 0.145 e. The molecule has 0 saturated carbocycles. The number of halogens is 5. The summed E-state index contributed by atoms with van der Waals surface area (Å²) in [5, 5.41) is 2.90. The molecule has 20 heavy (non-hydrogen) atoms. The Bertz CT molecular complexity index is 649. The predicted molar refractivity (Wildman–Crippen MR) is 76.4 cm³/mol. The zero-order chi connectivity index (χ0) is 14.9. The Hall–Kier alpha value is -1.04. The van der Waals surface area contributed by atoms with E-state index >= 15 is 0 Å². The van der Waals surface area contributed by atoms with E-state index in [9.17, 15) is 13.2 Å². The van der Waals surface area contributed by atoms with Crippen LogP contribution < -0.4 is 5.32 Å². The molecule has 0 heterocycles. The van der Waals surface area contributed by atoms with Gasteiger partial charge in [0.15, 0.2) is 0 Å². The lowest BCUT2D eigenvalue weighted by molar-refractivity contribution is 0.518. The second-order valence-electron chi connectivity index (χ2n) is 4.14. The zero-order valence-electron chi connectivity index (χ0n) is 10.4. The maximum absolute atomic E-state index is 14.2. The van der Waals surface area contributed by atoms with E-state index in [0.29, 0.717) is 5.56 Å². The van der Waals surface area contributed by atoms with Gasteiger partial charge in [-0.25, -0.2) is 13.2 Å². The molecule has 0 radical (unpaired) electrons. The SMILES string of the molecule is CNC(c1ccc(F)cc1Cl)c1c(F)ccc(Br)c1F. The van der Waals surface area contributed by atoms with Gasteiger partial charge in [0.1, 0.15) is 17.5 Å². The third kappa shape index (κ3) is 2.85. The molecule has 0 aromatic heterocycles. The van der Waals surface area contributed by atoms with Crippen LogP contribution in [0.3, 0.4) is 0 Å². The van der Waals surface area contributed by atoms with Crippen molar-refractivity contribution >= 4 is 27.5 Å². The second kappa shape index (κ2) is 6.16. The van der Waals surface area contributed by atoms with E-state index in [0.717, 1.165) is 12.1 Å². The summed E-state index contributed by atoms with van der Waals surface area (Å²) in [5.74, 6) is -1.93. The van der Waals surface area contributed by atoms with E-state index in [4.69, 9.17) is 11.6 Å². The maximum atomic E-state index is 14.2. The molecule has 106 valence electrons. The van der Waals surface area contributed by atoms with Crippen LogP contribution in [0.2, 0.25) is 5.02 Å². The van der Waals surface area contributed by atoms with Crippen molar-refractivity contribution in [2.45, 2.75) is 6.04 Å². The Balaban J connectivity index is 2.61. The lowest BCUT2D eigenvalue weighted by Crippen LogP contribution is -2.21. The molecule has 2 rings (SSSR count). The van der Waals surface area contributed by atoms with Gasteiger partial charge in [0.05, 0.1) is 10.5 Å². The highest BCUT2D eigenvalue weighted by Crippen LogP contribution is 2.33. The lowest BCUT2D eigenvalue weighted by atomic mass is 9.97. The number of benzene rings is 2. The minimum atomic E-state index is -0.819. The van der Waals surface area contributed by atoms with Gasteiger partial charge in [0.25, 0.3) is 0 Å². The lowest BCUT2D eigenvalue weighted by Gasteiger charge is -2.20. The summed E-state index contributed by atoms with van der Waals surface area (Å²) in [5.41, 5.74) is 0.224. The van der Waals surface area contributed by atoms with Crippen molar-refractivity contribution < 1.29 is 13.2 Å². The summed E-state index contributed by atoms with van der Waals surface area (Å²) in [6.45, 7) is 0. The van der Waals surface area contributed by atoms with Gasteiger partial charge in [-0.3, -0.25) is 0 Å². The smallest absolute Gasteiger partial charge is 0.145 e. The average molecular weight is 365 g/mol. The van der Waals surface area contributed by atoms with E-state index in [-0.39, 0.29) is 15.1 Å². The van der Waals surface area contributed by atoms with Gasteiger partial charge < -0.3 is 5.32 Å². The Morgan fingerprint density at radius 2 is 1.85 bits per heavy atom. The molecule has 1 atom stereocenters. The van der Waals surface area contributed by atoms with Gasteiger partial charge >= 0.3 is 0 Å². The fraction of sp³-hybridized carbons (Fsp3) is 0.143. The largest absolute Gasteiger partial charge is 0.309 e. The van der Waals surface area contributed by atoms with Crippen molar-refractivity contribution in [3.8, 4) is 0 Å². The molecule has 0 fully saturated rings. The Morgan fingerprint density at radius 3 is 2.45 bits per heavy atom. The second-order valence-corrected chi connectivity index (χ2v) is 5.41. The normalized spacial score (nSPS) is 12.5. The van der Waals surface area contributed by atoms with Crippen molar-refractivity contribution in [2.75, 3.05) is 7.05 Å². The highest BCUT2D eigenvalue weighted by Gasteiger charge is 2.24. The molecule has 2 aromatic carbocycles. The first-order valence-corrected chi connectivity index (χ1v) is 6.88. The van der Waals surface area contributed by atoms with Gasteiger partial charge in [-0.2, -0.15) is 0 Å². The van der Waals surface area contributed by atoms with E-state index in [1.165, 1.54) is 18.2 Å². The van der Waals surface area contributed by atoms with E-state index < -0.39 is 23.5 Å². The van der Waals surface area contributed by atoms with Crippen LogP contribution in [-0.2, 0) is 0 Å². The van der Waals surface area contributed by atoms with Gasteiger partial charge in [-0.15, -0.1) is 0 Å². The first kappa shape index (κ1) is 15.4. The summed E-state index contributed by atoms with van der Waals surface area (Å²) in [4.78, 5) is 0. The molecule has 1 unspecified atom stereocenters. The molecule has 6 heteroatoms. The van der Waals surface area contributed by atoms with Crippen molar-refractivity contribution in [2.24, 2.45) is 0 Å². The summed E-state index contributed by atoms with van der Waals surface area (Å²) in [7, 11) is 1.55. The first-order valence-electron chi connectivity index (χ1n) is 5.71. The molecule has 0 amide bonds. The Morgan fingerprint density at radius 1 is 1.15 bits per heavy atom. The fourth-order valence-corrected chi connectivity index (χ4v) is 2.62. The minimum Gasteiger partial charge on any atom is -0.309 e. The molecule has 0 bridgehead atoms.